The highest BCUT2D eigenvalue weighted by Gasteiger charge is 2.24. The van der Waals surface area contributed by atoms with Crippen LogP contribution in [-0.4, -0.2) is 62.9 Å². The molecule has 0 aliphatic rings. The third-order valence-corrected chi connectivity index (χ3v) is 4.35. The maximum atomic E-state index is 11.9. The molecule has 0 aliphatic heterocycles. The maximum absolute atomic E-state index is 11.9. The van der Waals surface area contributed by atoms with Crippen LogP contribution < -0.4 is 18.9 Å². The van der Waals surface area contributed by atoms with E-state index in [-0.39, 0.29) is 45.6 Å². The van der Waals surface area contributed by atoms with Crippen molar-refractivity contribution in [3.63, 3.8) is 0 Å². The largest absolute Gasteiger partial charge is 0.514 e. The molecule has 0 aromatic heterocycles. The quantitative estimate of drug-likeness (QED) is 0.110. The molecule has 1 rings (SSSR count). The van der Waals surface area contributed by atoms with Crippen LogP contribution in [0.2, 0.25) is 0 Å². The second-order valence-electron chi connectivity index (χ2n) is 4.88. The second-order valence-corrected chi connectivity index (χ2v) is 6.82. The summed E-state index contributed by atoms with van der Waals surface area (Å²) in [7, 11) is 0. The molecule has 0 aliphatic carbocycles. The lowest BCUT2D eigenvalue weighted by molar-refractivity contribution is -0.00894. The van der Waals surface area contributed by atoms with E-state index in [9.17, 15) is 20.1 Å². The third-order valence-electron chi connectivity index (χ3n) is 2.69. The minimum Gasteiger partial charge on any atom is -0.464 e. The van der Waals surface area contributed by atoms with E-state index in [0.29, 0.717) is 0 Å². The Labute approximate surface area is 186 Å². The average Bonchev–Trinajstić information content (AvgIpc) is 2.68. The summed E-state index contributed by atoms with van der Waals surface area (Å²) in [5.74, 6) is -0.515. The van der Waals surface area contributed by atoms with E-state index in [2.05, 4.69) is 54.4 Å². The number of aliphatic hydroxyl groups is 3. The predicted octanol–water partition coefficient (Wildman–Crippen LogP) is 2.66. The lowest BCUT2D eigenvalue weighted by atomic mass is 10.2. The van der Waals surface area contributed by atoms with Crippen molar-refractivity contribution in [3.05, 3.63) is 24.8 Å². The predicted molar refractivity (Wildman–Crippen MR) is 110 cm³/mol. The number of aliphatic hydroxyl groups excluding tert-OH is 3. The molecule has 28 heavy (non-hydrogen) atoms. The summed E-state index contributed by atoms with van der Waals surface area (Å²) in [5, 5.41) is 29.5. The van der Waals surface area contributed by atoms with Crippen LogP contribution in [0.25, 0.3) is 0 Å². The van der Waals surface area contributed by atoms with Crippen LogP contribution >= 0.6 is 47.8 Å². The Kier molecular flexibility index (Phi) is 11.8. The normalized spacial score (nSPS) is 13.8. The van der Waals surface area contributed by atoms with Crippen LogP contribution in [0.4, 0.5) is 4.79 Å². The number of rotatable bonds is 12. The topological polar surface area (TPSA) is 124 Å². The van der Waals surface area contributed by atoms with Gasteiger partial charge in [0.05, 0.1) is 16.0 Å². The molecule has 0 saturated carbocycles. The molecule has 158 valence electrons. The Balaban J connectivity index is 3.36. The van der Waals surface area contributed by atoms with Gasteiger partial charge in [-0.15, -0.1) is 0 Å². The molecule has 3 unspecified atom stereocenters. The van der Waals surface area contributed by atoms with Crippen molar-refractivity contribution in [2.75, 3.05) is 22.6 Å². The van der Waals surface area contributed by atoms with Gasteiger partial charge in [-0.2, -0.15) is 0 Å². The third kappa shape index (κ3) is 8.53. The van der Waals surface area contributed by atoms with Gasteiger partial charge in [-0.1, -0.05) is 60.4 Å². The van der Waals surface area contributed by atoms with Crippen molar-refractivity contribution in [2.24, 2.45) is 0 Å². The summed E-state index contributed by atoms with van der Waals surface area (Å²) >= 11 is 9.16. The highest BCUT2D eigenvalue weighted by molar-refractivity contribution is 9.09. The van der Waals surface area contributed by atoms with Crippen molar-refractivity contribution < 1.29 is 43.8 Å². The van der Waals surface area contributed by atoms with Gasteiger partial charge in [-0.25, -0.2) is 4.79 Å². The summed E-state index contributed by atoms with van der Waals surface area (Å²) in [5.41, 5.74) is 0. The first-order chi connectivity index (χ1) is 13.3. The van der Waals surface area contributed by atoms with Crippen LogP contribution in [0.15, 0.2) is 24.8 Å². The molecule has 9 nitrogen and oxygen atoms in total. The van der Waals surface area contributed by atoms with E-state index in [1.165, 1.54) is 18.2 Å². The first-order valence-electron chi connectivity index (χ1n) is 7.70. The number of halogens is 3. The Hall–Kier alpha value is -1.05. The number of benzene rings is 1. The van der Waals surface area contributed by atoms with Crippen molar-refractivity contribution in [1.82, 2.24) is 0 Å². The zero-order valence-corrected chi connectivity index (χ0v) is 19.2. The van der Waals surface area contributed by atoms with Gasteiger partial charge < -0.3 is 39.0 Å². The van der Waals surface area contributed by atoms with E-state index in [4.69, 9.17) is 23.7 Å². The van der Waals surface area contributed by atoms with Gasteiger partial charge in [0.2, 0.25) is 24.6 Å². The second kappa shape index (κ2) is 13.2. The van der Waals surface area contributed by atoms with Gasteiger partial charge in [-0.3, -0.25) is 0 Å². The number of hydrogen-bond donors (Lipinski definition) is 3. The highest BCUT2D eigenvalue weighted by atomic mass is 79.9. The number of alkyl halides is 3. The molecule has 1 aromatic rings. The van der Waals surface area contributed by atoms with Gasteiger partial charge >= 0.3 is 6.16 Å². The summed E-state index contributed by atoms with van der Waals surface area (Å²) < 4.78 is 25.8. The van der Waals surface area contributed by atoms with Crippen LogP contribution in [0, 0.1) is 0 Å². The first kappa shape index (κ1) is 25.0. The molecule has 0 fully saturated rings. The first-order valence-corrected chi connectivity index (χ1v) is 11.1. The molecule has 0 spiro atoms. The molecule has 0 amide bonds. The highest BCUT2D eigenvalue weighted by Crippen LogP contribution is 2.43. The summed E-state index contributed by atoms with van der Waals surface area (Å²) in [4.78, 5) is 11.9. The van der Waals surface area contributed by atoms with E-state index in [1.807, 2.05) is 0 Å². The lowest BCUT2D eigenvalue weighted by Crippen LogP contribution is -2.22. The lowest BCUT2D eigenvalue weighted by Gasteiger charge is -2.21. The average molecular weight is 595 g/mol. The molecule has 3 atom stereocenters. The van der Waals surface area contributed by atoms with Gasteiger partial charge in [-0.05, 0) is 0 Å². The number of ether oxygens (including phenoxy) is 5. The van der Waals surface area contributed by atoms with Crippen LogP contribution in [0.1, 0.15) is 0 Å². The zero-order valence-electron chi connectivity index (χ0n) is 14.4. The Morgan fingerprint density at radius 2 is 1.43 bits per heavy atom. The Bertz CT molecular complexity index is 611. The Morgan fingerprint density at radius 3 is 1.86 bits per heavy atom. The van der Waals surface area contributed by atoms with E-state index in [0.717, 1.165) is 0 Å². The molecule has 12 heteroatoms. The van der Waals surface area contributed by atoms with Gasteiger partial charge in [0.15, 0.2) is 11.5 Å². The van der Waals surface area contributed by atoms with Crippen molar-refractivity contribution in [2.45, 2.75) is 18.9 Å². The standard InChI is InChI=1S/C16H19Br3O9/c1-2-3-24-16(23)28-15-10(26-13(21)7-18)4-9(25-12(20)6-17)5-11(15)27-14(22)8-19/h2,4-5,12-14,20-22H,1,3,6-8H2. The molecular formula is C16H19Br3O9. The van der Waals surface area contributed by atoms with E-state index >= 15 is 0 Å². The van der Waals surface area contributed by atoms with Crippen LogP contribution in [-0.2, 0) is 4.74 Å². The molecule has 0 bridgehead atoms. The molecular weight excluding hydrogens is 576 g/mol. The monoisotopic (exact) mass is 592 g/mol. The minimum atomic E-state index is -1.31. The summed E-state index contributed by atoms with van der Waals surface area (Å²) in [6, 6.07) is 2.53. The molecule has 1 aromatic carbocycles. The van der Waals surface area contributed by atoms with Gasteiger partial charge in [0, 0.05) is 12.1 Å². The molecule has 0 saturated heterocycles. The molecule has 0 radical (unpaired) electrons. The number of carbonyl (C=O) groups excluding carboxylic acids is 1. The van der Waals surface area contributed by atoms with Crippen LogP contribution in [0.3, 0.4) is 0 Å². The fraction of sp³-hybridized carbons (Fsp3) is 0.438. The number of carbonyl (C=O) groups is 1. The fourth-order valence-electron chi connectivity index (χ4n) is 1.68. The summed E-state index contributed by atoms with van der Waals surface area (Å²) in [6.45, 7) is 3.32. The minimum absolute atomic E-state index is 0.0443. The van der Waals surface area contributed by atoms with E-state index < -0.39 is 25.0 Å². The zero-order chi connectivity index (χ0) is 21.1. The fourth-order valence-corrected chi connectivity index (χ4v) is 2.08. The van der Waals surface area contributed by atoms with Crippen molar-refractivity contribution in [1.29, 1.82) is 0 Å². The molecule has 3 N–H and O–H groups in total. The van der Waals surface area contributed by atoms with Crippen molar-refractivity contribution in [3.8, 4) is 23.0 Å². The smallest absolute Gasteiger partial charge is 0.464 e. The van der Waals surface area contributed by atoms with Gasteiger partial charge in [0.25, 0.3) is 0 Å². The Morgan fingerprint density at radius 1 is 0.964 bits per heavy atom. The SMILES string of the molecule is C=CCOC(=O)Oc1c(OC(O)CBr)cc(OC(O)CBr)cc1OC(O)CBr. The van der Waals surface area contributed by atoms with Gasteiger partial charge in [0.1, 0.15) is 12.4 Å². The van der Waals surface area contributed by atoms with E-state index in [1.54, 1.807) is 0 Å². The van der Waals surface area contributed by atoms with Crippen LogP contribution in [0.5, 0.6) is 23.0 Å². The summed E-state index contributed by atoms with van der Waals surface area (Å²) in [6.07, 6.45) is -3.57. The number of hydrogen-bond acceptors (Lipinski definition) is 9. The maximum Gasteiger partial charge on any atom is 0.514 e. The molecule has 0 heterocycles. The van der Waals surface area contributed by atoms with Crippen molar-refractivity contribution >= 4 is 53.9 Å².